The second kappa shape index (κ2) is 7.65. The fourth-order valence-electron chi connectivity index (χ4n) is 2.97. The molecule has 0 spiro atoms. The van der Waals surface area contributed by atoms with Crippen molar-refractivity contribution < 1.29 is 17.3 Å². The first-order chi connectivity index (χ1) is 13.8. The van der Waals surface area contributed by atoms with Crippen molar-refractivity contribution in [2.24, 2.45) is 0 Å². The van der Waals surface area contributed by atoms with E-state index in [9.17, 15) is 8.42 Å². The Balaban J connectivity index is 1.70. The number of hydrogen-bond donors (Lipinski definition) is 0. The van der Waals surface area contributed by atoms with Crippen molar-refractivity contribution >= 4 is 21.7 Å². The van der Waals surface area contributed by atoms with Gasteiger partial charge in [-0.15, -0.1) is 10.2 Å². The SMILES string of the molecule is Cc1ccc(S(=O)(=O)Oc2cc(Cl)nnc2Oc2c(C)cccc2C2CC2)cc1. The third-order valence-corrected chi connectivity index (χ3v) is 6.10. The Labute approximate surface area is 174 Å². The predicted octanol–water partition coefficient (Wildman–Crippen LogP) is 5.18. The number of ether oxygens (including phenoxy) is 1. The normalized spacial score (nSPS) is 13.9. The summed E-state index contributed by atoms with van der Waals surface area (Å²) in [6.45, 7) is 3.80. The van der Waals surface area contributed by atoms with Gasteiger partial charge >= 0.3 is 10.1 Å². The van der Waals surface area contributed by atoms with Crippen molar-refractivity contribution in [2.45, 2.75) is 37.5 Å². The lowest BCUT2D eigenvalue weighted by Crippen LogP contribution is -2.11. The summed E-state index contributed by atoms with van der Waals surface area (Å²) in [7, 11) is -4.09. The number of nitrogens with zero attached hydrogens (tertiary/aromatic N) is 2. The average Bonchev–Trinajstić information content (AvgIpc) is 3.50. The predicted molar refractivity (Wildman–Crippen MR) is 109 cm³/mol. The third-order valence-electron chi connectivity index (χ3n) is 4.66. The molecule has 0 saturated heterocycles. The summed E-state index contributed by atoms with van der Waals surface area (Å²) in [6.07, 6.45) is 2.19. The summed E-state index contributed by atoms with van der Waals surface area (Å²) in [6, 6.07) is 13.5. The molecule has 1 aliphatic carbocycles. The highest BCUT2D eigenvalue weighted by Gasteiger charge is 2.29. The molecule has 0 unspecified atom stereocenters. The summed E-state index contributed by atoms with van der Waals surface area (Å²) < 4.78 is 36.8. The first-order valence-corrected chi connectivity index (χ1v) is 10.9. The van der Waals surface area contributed by atoms with Crippen LogP contribution in [-0.4, -0.2) is 18.6 Å². The molecule has 29 heavy (non-hydrogen) atoms. The molecular formula is C21H19ClN2O4S. The van der Waals surface area contributed by atoms with E-state index in [0.717, 1.165) is 29.5 Å². The van der Waals surface area contributed by atoms with Gasteiger partial charge in [0.25, 0.3) is 5.88 Å². The van der Waals surface area contributed by atoms with Crippen molar-refractivity contribution in [3.05, 3.63) is 70.4 Å². The molecule has 0 N–H and O–H groups in total. The van der Waals surface area contributed by atoms with Crippen LogP contribution in [0.25, 0.3) is 0 Å². The molecule has 1 heterocycles. The van der Waals surface area contributed by atoms with E-state index < -0.39 is 10.1 Å². The zero-order valence-corrected chi connectivity index (χ0v) is 17.5. The molecule has 0 aliphatic heterocycles. The first kappa shape index (κ1) is 19.7. The maximum atomic E-state index is 12.7. The fourth-order valence-corrected chi connectivity index (χ4v) is 4.03. The maximum Gasteiger partial charge on any atom is 0.339 e. The minimum Gasteiger partial charge on any atom is -0.434 e. The van der Waals surface area contributed by atoms with E-state index in [1.807, 2.05) is 32.0 Å². The molecule has 2 aromatic carbocycles. The van der Waals surface area contributed by atoms with Crippen LogP contribution in [0.15, 0.2) is 53.4 Å². The summed E-state index contributed by atoms with van der Waals surface area (Å²) in [4.78, 5) is 0.0246. The molecule has 1 fully saturated rings. The van der Waals surface area contributed by atoms with Gasteiger partial charge in [-0.3, -0.25) is 0 Å². The lowest BCUT2D eigenvalue weighted by molar-refractivity contribution is 0.410. The lowest BCUT2D eigenvalue weighted by Gasteiger charge is -2.15. The van der Waals surface area contributed by atoms with Gasteiger partial charge in [-0.05, 0) is 55.9 Å². The van der Waals surface area contributed by atoms with Crippen LogP contribution in [0.3, 0.4) is 0 Å². The van der Waals surface area contributed by atoms with Crippen LogP contribution in [0, 0.1) is 13.8 Å². The summed E-state index contributed by atoms with van der Waals surface area (Å²) in [5.41, 5.74) is 2.92. The average molecular weight is 431 g/mol. The van der Waals surface area contributed by atoms with E-state index in [1.165, 1.54) is 18.2 Å². The largest absolute Gasteiger partial charge is 0.434 e. The third kappa shape index (κ3) is 4.36. The first-order valence-electron chi connectivity index (χ1n) is 9.15. The summed E-state index contributed by atoms with van der Waals surface area (Å²) >= 11 is 5.93. The zero-order valence-electron chi connectivity index (χ0n) is 15.9. The van der Waals surface area contributed by atoms with Gasteiger partial charge in [0.1, 0.15) is 10.6 Å². The molecule has 0 bridgehead atoms. The number of para-hydroxylation sites is 1. The quantitative estimate of drug-likeness (QED) is 0.501. The van der Waals surface area contributed by atoms with Crippen LogP contribution in [0.1, 0.15) is 35.4 Å². The molecule has 6 nitrogen and oxygen atoms in total. The topological polar surface area (TPSA) is 78.4 Å². The molecule has 0 amide bonds. The Morgan fingerprint density at radius 3 is 2.45 bits per heavy atom. The number of benzene rings is 2. The van der Waals surface area contributed by atoms with Gasteiger partial charge in [-0.1, -0.05) is 47.5 Å². The standard InChI is InChI=1S/C21H19ClN2O4S/c1-13-6-10-16(11-7-13)29(25,26)28-18-12-19(22)23-24-21(18)27-20-14(2)4-3-5-17(20)15-8-9-15/h3-7,10-12,15H,8-9H2,1-2H3. The highest BCUT2D eigenvalue weighted by Crippen LogP contribution is 2.47. The van der Waals surface area contributed by atoms with E-state index in [0.29, 0.717) is 11.7 Å². The smallest absolute Gasteiger partial charge is 0.339 e. The number of aryl methyl sites for hydroxylation is 2. The van der Waals surface area contributed by atoms with Crippen molar-refractivity contribution in [2.75, 3.05) is 0 Å². The second-order valence-electron chi connectivity index (χ2n) is 7.06. The van der Waals surface area contributed by atoms with Crippen molar-refractivity contribution in [1.82, 2.24) is 10.2 Å². The van der Waals surface area contributed by atoms with E-state index in [-0.39, 0.29) is 21.7 Å². The Kier molecular flexibility index (Phi) is 5.19. The van der Waals surface area contributed by atoms with Gasteiger partial charge in [0, 0.05) is 6.07 Å². The van der Waals surface area contributed by atoms with Gasteiger partial charge in [-0.25, -0.2) is 0 Å². The van der Waals surface area contributed by atoms with Crippen molar-refractivity contribution in [1.29, 1.82) is 0 Å². The molecule has 1 aliphatic rings. The van der Waals surface area contributed by atoms with Crippen LogP contribution in [0.2, 0.25) is 5.15 Å². The Morgan fingerprint density at radius 2 is 1.76 bits per heavy atom. The molecule has 150 valence electrons. The second-order valence-corrected chi connectivity index (χ2v) is 8.99. The number of halogens is 1. The van der Waals surface area contributed by atoms with E-state index in [4.69, 9.17) is 20.5 Å². The van der Waals surface area contributed by atoms with Gasteiger partial charge in [0.15, 0.2) is 5.15 Å². The molecule has 4 rings (SSSR count). The number of hydrogen-bond acceptors (Lipinski definition) is 6. The molecule has 3 aromatic rings. The minimum atomic E-state index is -4.09. The zero-order chi connectivity index (χ0) is 20.6. The molecule has 0 radical (unpaired) electrons. The van der Waals surface area contributed by atoms with E-state index in [1.54, 1.807) is 12.1 Å². The van der Waals surface area contributed by atoms with Crippen LogP contribution < -0.4 is 8.92 Å². The fraction of sp³-hybridized carbons (Fsp3) is 0.238. The molecule has 1 saturated carbocycles. The van der Waals surface area contributed by atoms with Gasteiger partial charge in [0.05, 0.1) is 0 Å². The van der Waals surface area contributed by atoms with E-state index >= 15 is 0 Å². The minimum absolute atomic E-state index is 0.00124. The van der Waals surface area contributed by atoms with E-state index in [2.05, 4.69) is 10.2 Å². The summed E-state index contributed by atoms with van der Waals surface area (Å²) in [5, 5.41) is 7.72. The Hall–Kier alpha value is -2.64. The summed E-state index contributed by atoms with van der Waals surface area (Å²) in [5.74, 6) is 0.909. The van der Waals surface area contributed by atoms with Crippen LogP contribution >= 0.6 is 11.6 Å². The molecule has 0 atom stereocenters. The van der Waals surface area contributed by atoms with Crippen molar-refractivity contribution in [3.63, 3.8) is 0 Å². The molecule has 8 heteroatoms. The Morgan fingerprint density at radius 1 is 1.03 bits per heavy atom. The molecular weight excluding hydrogens is 412 g/mol. The van der Waals surface area contributed by atoms with Crippen molar-refractivity contribution in [3.8, 4) is 17.4 Å². The van der Waals surface area contributed by atoms with Crippen LogP contribution in [0.4, 0.5) is 0 Å². The van der Waals surface area contributed by atoms with Gasteiger partial charge in [0.2, 0.25) is 5.75 Å². The highest BCUT2D eigenvalue weighted by molar-refractivity contribution is 7.87. The monoisotopic (exact) mass is 430 g/mol. The highest BCUT2D eigenvalue weighted by atomic mass is 35.5. The number of rotatable bonds is 6. The number of aromatic nitrogens is 2. The van der Waals surface area contributed by atoms with Crippen LogP contribution in [0.5, 0.6) is 17.4 Å². The molecule has 1 aromatic heterocycles. The Bertz CT molecular complexity index is 1160. The van der Waals surface area contributed by atoms with Gasteiger partial charge in [-0.2, -0.15) is 8.42 Å². The lowest BCUT2D eigenvalue weighted by atomic mass is 10.1. The van der Waals surface area contributed by atoms with Crippen LogP contribution in [-0.2, 0) is 10.1 Å². The van der Waals surface area contributed by atoms with Gasteiger partial charge < -0.3 is 8.92 Å². The maximum absolute atomic E-state index is 12.7.